The van der Waals surface area contributed by atoms with Crippen molar-refractivity contribution in [1.82, 2.24) is 0 Å². The molecule has 0 aromatic rings. The van der Waals surface area contributed by atoms with E-state index >= 15 is 0 Å². The van der Waals surface area contributed by atoms with Gasteiger partial charge < -0.3 is 79.5 Å². The number of allylic oxidation sites excluding steroid dienone is 2. The van der Waals surface area contributed by atoms with Gasteiger partial charge in [0, 0.05) is 0 Å². The van der Waals surface area contributed by atoms with Crippen molar-refractivity contribution in [3.05, 3.63) is 11.6 Å². The molecule has 3 heterocycles. The Balaban J connectivity index is 1.08. The third-order valence-electron chi connectivity index (χ3n) is 19.0. The predicted octanol–water partition coefficient (Wildman–Crippen LogP) is 1.44. The minimum Gasteiger partial charge on any atom is -0.481 e. The Hall–Kier alpha value is -1.88. The maximum atomic E-state index is 13.1. The third-order valence-corrected chi connectivity index (χ3v) is 19.0. The van der Waals surface area contributed by atoms with E-state index in [2.05, 4.69) is 54.5 Å². The van der Waals surface area contributed by atoms with Crippen molar-refractivity contribution in [3.63, 3.8) is 0 Å². The fourth-order valence-corrected chi connectivity index (χ4v) is 14.9. The van der Waals surface area contributed by atoms with Crippen molar-refractivity contribution in [2.75, 3.05) is 13.2 Å². The molecule has 0 spiro atoms. The van der Waals surface area contributed by atoms with E-state index in [9.17, 15) is 60.7 Å². The molecule has 0 unspecified atom stereocenters. The summed E-state index contributed by atoms with van der Waals surface area (Å²) >= 11 is 0. The molecule has 18 heteroatoms. The van der Waals surface area contributed by atoms with Crippen LogP contribution in [0.3, 0.4) is 0 Å². The number of aliphatic carboxylic acids is 2. The van der Waals surface area contributed by atoms with Crippen molar-refractivity contribution < 1.29 is 89.1 Å². The van der Waals surface area contributed by atoms with Gasteiger partial charge in [0.2, 0.25) is 0 Å². The summed E-state index contributed by atoms with van der Waals surface area (Å²) in [5, 5.41) is 106. The fraction of sp³-hybridized carbons (Fsp3) is 0.915. The summed E-state index contributed by atoms with van der Waals surface area (Å²) < 4.78 is 36.0. The van der Waals surface area contributed by atoms with Crippen LogP contribution in [-0.4, -0.2) is 168 Å². The van der Waals surface area contributed by atoms with Gasteiger partial charge in [-0.2, -0.15) is 0 Å². The van der Waals surface area contributed by atoms with Gasteiger partial charge >= 0.3 is 11.9 Å². The van der Waals surface area contributed by atoms with Gasteiger partial charge in [-0.3, -0.25) is 4.79 Å². The Morgan fingerprint density at radius 2 is 1.23 bits per heavy atom. The number of carboxylic acids is 2. The van der Waals surface area contributed by atoms with E-state index in [1.54, 1.807) is 0 Å². The van der Waals surface area contributed by atoms with Crippen molar-refractivity contribution in [1.29, 1.82) is 0 Å². The molecule has 7 fully saturated rings. The Morgan fingerprint density at radius 3 is 1.83 bits per heavy atom. The minimum atomic E-state index is -1.98. The van der Waals surface area contributed by atoms with Gasteiger partial charge in [0.1, 0.15) is 61.0 Å². The molecule has 8 aliphatic rings. The second kappa shape index (κ2) is 17.2. The molecule has 18 nitrogen and oxygen atoms in total. The molecule has 0 aromatic heterocycles. The molecule has 0 bridgehead atoms. The van der Waals surface area contributed by atoms with E-state index in [0.717, 1.165) is 44.9 Å². The van der Waals surface area contributed by atoms with Crippen LogP contribution in [0.25, 0.3) is 0 Å². The largest absolute Gasteiger partial charge is 0.481 e. The average molecular weight is 927 g/mol. The van der Waals surface area contributed by atoms with Crippen LogP contribution in [0.2, 0.25) is 0 Å². The van der Waals surface area contributed by atoms with E-state index in [4.69, 9.17) is 28.4 Å². The Morgan fingerprint density at radius 1 is 0.646 bits per heavy atom. The second-order valence-corrected chi connectivity index (χ2v) is 23.0. The van der Waals surface area contributed by atoms with Gasteiger partial charge in [-0.05, 0) is 109 Å². The van der Waals surface area contributed by atoms with Gasteiger partial charge in [0.15, 0.2) is 25.0 Å². The van der Waals surface area contributed by atoms with Gasteiger partial charge in [-0.15, -0.1) is 0 Å². The van der Waals surface area contributed by atoms with Crippen LogP contribution in [0, 0.1) is 50.2 Å². The second-order valence-electron chi connectivity index (χ2n) is 23.0. The van der Waals surface area contributed by atoms with E-state index < -0.39 is 128 Å². The normalized spacial score (nSPS) is 52.6. The lowest BCUT2D eigenvalue weighted by Crippen LogP contribution is -2.68. The number of fused-ring (bicyclic) bond motifs is 7. The molecule has 0 aromatic carbocycles. The molecular weight excluding hydrogens is 852 g/mol. The third kappa shape index (κ3) is 7.67. The number of ether oxygens (including phenoxy) is 6. The van der Waals surface area contributed by atoms with Crippen molar-refractivity contribution in [2.24, 2.45) is 50.2 Å². The number of carboxylic acid groups (broad SMARTS) is 2. The number of hydrogen-bond donors (Lipinski definition) is 10. The zero-order chi connectivity index (χ0) is 47.6. The van der Waals surface area contributed by atoms with Crippen molar-refractivity contribution in [2.45, 2.75) is 205 Å². The molecule has 65 heavy (non-hydrogen) atoms. The SMILES string of the molecule is CC1(C)CC[C@]2(C(=O)O)CC[C@]3(C)C(=CC[C@@H]4[C@@]5(C)CC[C@H](O[C@@H]6O[C@H](C(=O)O)[C@@H](O[C@@H]7O[C@@H](CO)[C@H](O)[C@H]7O)[C@H](O)[C@H]6O[C@@H]6O[C@H](CO)[C@H](O)[C@H](O)[C@H]6O)C(C)(C)[C@@H]5CC[C@]43C)[C@@H]2C1. The first-order chi connectivity index (χ1) is 30.3. The molecule has 4 saturated carbocycles. The standard InChI is InChI=1S/C47H74O18/c1-42(2)14-16-47(41(58)59)17-15-45(6)21(22(47)18-42)8-9-26-44(5)12-11-27(43(3,4)25(44)10-13-46(26,45)7)62-40-35(64-39-32(54)30(52)28(50)23(19-48)60-39)33(55)34(36(65-40)37(56)57)63-38-31(53)29(51)24(20-49)61-38/h8,22-36,38-40,48-55H,9-20H2,1-7H3,(H,56,57)(H,58,59)/t22-,23+,24-,25-,26+,27-,28-,29-,30-,31+,32+,33-,34-,35+,36-,38-,39-,40+,44-,45+,46+,47-/m0/s1. The summed E-state index contributed by atoms with van der Waals surface area (Å²) in [6, 6.07) is 0. The van der Waals surface area contributed by atoms with Gasteiger partial charge in [-0.1, -0.05) is 60.1 Å². The molecule has 370 valence electrons. The number of carbonyl (C=O) groups is 2. The van der Waals surface area contributed by atoms with Gasteiger partial charge in [0.25, 0.3) is 0 Å². The van der Waals surface area contributed by atoms with E-state index in [1.165, 1.54) is 5.57 Å². The van der Waals surface area contributed by atoms with Crippen LogP contribution in [0.15, 0.2) is 11.6 Å². The lowest BCUT2D eigenvalue weighted by Gasteiger charge is -2.71. The van der Waals surface area contributed by atoms with Gasteiger partial charge in [0.05, 0.1) is 24.7 Å². The number of rotatable bonds is 10. The van der Waals surface area contributed by atoms with Gasteiger partial charge in [-0.25, -0.2) is 4.79 Å². The smallest absolute Gasteiger partial charge is 0.335 e. The van der Waals surface area contributed by atoms with E-state index in [0.29, 0.717) is 19.3 Å². The Bertz CT molecular complexity index is 1820. The maximum absolute atomic E-state index is 13.1. The first kappa shape index (κ1) is 49.5. The zero-order valence-corrected chi connectivity index (χ0v) is 38.7. The zero-order valence-electron chi connectivity index (χ0n) is 38.7. The summed E-state index contributed by atoms with van der Waals surface area (Å²) in [6.45, 7) is 14.5. The number of aliphatic hydroxyl groups excluding tert-OH is 8. The number of aliphatic hydroxyl groups is 8. The van der Waals surface area contributed by atoms with Crippen LogP contribution in [-0.2, 0) is 38.0 Å². The van der Waals surface area contributed by atoms with Crippen molar-refractivity contribution >= 4 is 11.9 Å². The molecule has 5 aliphatic carbocycles. The Labute approximate surface area is 380 Å². The molecule has 0 radical (unpaired) electrons. The van der Waals surface area contributed by atoms with E-state index in [-0.39, 0.29) is 39.4 Å². The highest BCUT2D eigenvalue weighted by molar-refractivity contribution is 5.76. The highest BCUT2D eigenvalue weighted by Crippen LogP contribution is 2.76. The monoisotopic (exact) mass is 926 g/mol. The molecule has 10 N–H and O–H groups in total. The van der Waals surface area contributed by atoms with E-state index in [1.807, 2.05) is 0 Å². The summed E-state index contributed by atoms with van der Waals surface area (Å²) in [5.74, 6) is -1.92. The van der Waals surface area contributed by atoms with Crippen LogP contribution in [0.4, 0.5) is 0 Å². The van der Waals surface area contributed by atoms with Crippen molar-refractivity contribution in [3.8, 4) is 0 Å². The summed E-state index contributed by atoms with van der Waals surface area (Å²) in [7, 11) is 0. The van der Waals surface area contributed by atoms with Crippen LogP contribution in [0.1, 0.15) is 113 Å². The highest BCUT2D eigenvalue weighted by Gasteiger charge is 2.70. The molecule has 22 atom stereocenters. The molecule has 0 amide bonds. The average Bonchev–Trinajstić information content (AvgIpc) is 3.51. The molecule has 3 saturated heterocycles. The lowest BCUT2D eigenvalue weighted by atomic mass is 9.33. The van der Waals surface area contributed by atoms with Crippen LogP contribution in [0.5, 0.6) is 0 Å². The molecule has 8 rings (SSSR count). The number of hydrogen-bond acceptors (Lipinski definition) is 16. The molecular formula is C47H74O18. The Kier molecular flexibility index (Phi) is 13.1. The van der Waals surface area contributed by atoms with Crippen LogP contribution >= 0.6 is 0 Å². The first-order valence-electron chi connectivity index (χ1n) is 23.7. The summed E-state index contributed by atoms with van der Waals surface area (Å²) in [5.41, 5.74) is -0.443. The maximum Gasteiger partial charge on any atom is 0.335 e. The fourth-order valence-electron chi connectivity index (χ4n) is 14.9. The first-order valence-corrected chi connectivity index (χ1v) is 23.7. The summed E-state index contributed by atoms with van der Waals surface area (Å²) in [6.07, 6.45) is -14.7. The topological polar surface area (TPSA) is 292 Å². The predicted molar refractivity (Wildman–Crippen MR) is 225 cm³/mol. The van der Waals surface area contributed by atoms with Crippen LogP contribution < -0.4 is 0 Å². The highest BCUT2D eigenvalue weighted by atomic mass is 16.8. The quantitative estimate of drug-likeness (QED) is 0.110. The summed E-state index contributed by atoms with van der Waals surface area (Å²) in [4.78, 5) is 26.1. The lowest BCUT2D eigenvalue weighted by molar-refractivity contribution is -0.383. The minimum absolute atomic E-state index is 0.0187. The molecule has 3 aliphatic heterocycles.